The average Bonchev–Trinajstić information content (AvgIpc) is 1.88. The van der Waals surface area contributed by atoms with Crippen LogP contribution in [0.15, 0.2) is 12.7 Å². The minimum atomic E-state index is -2.03. The molecule has 0 aliphatic carbocycles. The summed E-state index contributed by atoms with van der Waals surface area (Å²) in [6, 6.07) is 0. The van der Waals surface area contributed by atoms with Gasteiger partial charge in [0, 0.05) is 0 Å². The Hall–Kier alpha value is 0.326. The van der Waals surface area contributed by atoms with Gasteiger partial charge in [-0.05, 0) is 6.72 Å². The van der Waals surface area contributed by atoms with Gasteiger partial charge in [0.25, 0.3) is 0 Å². The second-order valence-electron chi connectivity index (χ2n) is 1.26. The molecule has 0 aliphatic heterocycles. The Morgan fingerprint density at radius 1 is 1.50 bits per heavy atom. The Morgan fingerprint density at radius 3 is 2.00 bits per heavy atom. The van der Waals surface area contributed by atoms with Crippen molar-refractivity contribution >= 4 is 39.5 Å². The van der Waals surface area contributed by atoms with Gasteiger partial charge in [0.2, 0.25) is 0 Å². The summed E-state index contributed by atoms with van der Waals surface area (Å²) < 4.78 is 21.0. The van der Waals surface area contributed by atoms with Crippen LogP contribution < -0.4 is 0 Å². The van der Waals surface area contributed by atoms with Crippen LogP contribution in [0.4, 0.5) is 8.78 Å². The molecule has 5 heteroatoms. The lowest BCUT2D eigenvalue weighted by Gasteiger charge is -1.85. The molecular formula is C5H10ClF2MgN. The first-order valence-corrected chi connectivity index (χ1v) is 4.33. The molecule has 58 valence electrons. The summed E-state index contributed by atoms with van der Waals surface area (Å²) in [5, 5.41) is 5.50. The number of hydrogen-bond donors (Lipinski definition) is 1. The normalized spacial score (nSPS) is 6.30. The Labute approximate surface area is 75.5 Å². The van der Waals surface area contributed by atoms with Crippen molar-refractivity contribution in [3.63, 3.8) is 0 Å². The molecule has 0 unspecified atom stereocenters. The van der Waals surface area contributed by atoms with Crippen LogP contribution in [0.2, 0.25) is 4.55 Å². The van der Waals surface area contributed by atoms with Gasteiger partial charge in [0.1, 0.15) is 4.55 Å². The Morgan fingerprint density at radius 2 is 1.90 bits per heavy atom. The SMILES string of the molecule is C=C[CH2][Mg][CH](F)F.C=N.Cl. The zero-order valence-corrected chi connectivity index (χ0v) is 7.88. The Bertz CT molecular complexity index is 72.7. The molecule has 0 saturated carbocycles. The van der Waals surface area contributed by atoms with Crippen LogP contribution in [-0.4, -0.2) is 31.6 Å². The molecule has 0 bridgehead atoms. The fraction of sp³-hybridized carbons (Fsp3) is 0.400. The molecule has 0 aromatic heterocycles. The average molecular weight is 182 g/mol. The number of rotatable bonds is 3. The van der Waals surface area contributed by atoms with Gasteiger partial charge in [-0.2, -0.15) is 0 Å². The van der Waals surface area contributed by atoms with Gasteiger partial charge in [-0.15, -0.1) is 29.6 Å². The maximum Gasteiger partial charge on any atom is 0.475 e. The van der Waals surface area contributed by atoms with E-state index in [1.54, 1.807) is 6.08 Å². The summed E-state index contributed by atoms with van der Waals surface area (Å²) in [5.41, 5.74) is 0. The molecule has 0 heterocycles. The summed E-state index contributed by atoms with van der Waals surface area (Å²) in [6.07, 6.45) is 1.55. The van der Waals surface area contributed by atoms with Gasteiger partial charge in [-0.25, -0.2) is 8.78 Å². The van der Waals surface area contributed by atoms with Crippen molar-refractivity contribution in [2.24, 2.45) is 0 Å². The topological polar surface area (TPSA) is 23.9 Å². The van der Waals surface area contributed by atoms with E-state index in [0.717, 1.165) is 0 Å². The Kier molecular flexibility index (Phi) is 27.0. The van der Waals surface area contributed by atoms with E-state index in [1.807, 2.05) is 0 Å². The van der Waals surface area contributed by atoms with Crippen molar-refractivity contribution in [1.29, 1.82) is 5.41 Å². The molecule has 1 nitrogen and oxygen atoms in total. The fourth-order valence-corrected chi connectivity index (χ4v) is 0.732. The fourth-order valence-electron chi connectivity index (χ4n) is 0.244. The van der Waals surface area contributed by atoms with Crippen molar-refractivity contribution < 1.29 is 8.78 Å². The molecule has 0 aliphatic rings. The van der Waals surface area contributed by atoms with E-state index in [-0.39, 0.29) is 12.4 Å². The lowest BCUT2D eigenvalue weighted by Crippen LogP contribution is -2.00. The number of nitrogens with one attached hydrogen (secondary N) is 1. The highest BCUT2D eigenvalue weighted by Crippen LogP contribution is 1.91. The van der Waals surface area contributed by atoms with Crippen molar-refractivity contribution in [3.05, 3.63) is 12.7 Å². The summed E-state index contributed by atoms with van der Waals surface area (Å²) in [4.78, 5) is 0. The highest BCUT2D eigenvalue weighted by molar-refractivity contribution is 6.37. The summed E-state index contributed by atoms with van der Waals surface area (Å²) in [6.45, 7) is 5.83. The van der Waals surface area contributed by atoms with E-state index in [4.69, 9.17) is 5.41 Å². The zero-order valence-electron chi connectivity index (χ0n) is 5.65. The lowest BCUT2D eigenvalue weighted by atomic mass is 10.8. The van der Waals surface area contributed by atoms with Gasteiger partial charge >= 0.3 is 20.4 Å². The molecule has 0 saturated heterocycles. The molecule has 10 heavy (non-hydrogen) atoms. The second kappa shape index (κ2) is 16.2. The maximum atomic E-state index is 11.2. The second-order valence-corrected chi connectivity index (χ2v) is 3.03. The van der Waals surface area contributed by atoms with E-state index in [1.165, 1.54) is 0 Å². The lowest BCUT2D eigenvalue weighted by molar-refractivity contribution is 0.238. The summed E-state index contributed by atoms with van der Waals surface area (Å²) in [7, 11) is 0. The number of alkyl halides is 2. The molecule has 0 atom stereocenters. The highest BCUT2D eigenvalue weighted by atomic mass is 35.5. The van der Waals surface area contributed by atoms with Gasteiger partial charge in [0.05, 0.1) is 0 Å². The van der Waals surface area contributed by atoms with E-state index < -0.39 is 24.9 Å². The standard InChI is InChI=1S/C3H5.CHF2.CH3N.ClH.Mg/c1-3-2;2-1-3;1-2;;/h3H,1-2H2;1H;2H,1H2;1H;. The van der Waals surface area contributed by atoms with Crippen LogP contribution in [0, 0.1) is 5.41 Å². The number of allylic oxidation sites excluding steroid dienone is 1. The van der Waals surface area contributed by atoms with E-state index >= 15 is 0 Å². The van der Waals surface area contributed by atoms with Crippen LogP contribution in [0.5, 0.6) is 0 Å². The predicted molar refractivity (Wildman–Crippen MR) is 43.9 cm³/mol. The van der Waals surface area contributed by atoms with Crippen LogP contribution >= 0.6 is 12.4 Å². The first kappa shape index (κ1) is 16.7. The summed E-state index contributed by atoms with van der Waals surface area (Å²) in [5.74, 6) is 0. The third kappa shape index (κ3) is 23.9. The van der Waals surface area contributed by atoms with Gasteiger partial charge in [0.15, 0.2) is 0 Å². The molecule has 0 radical (unpaired) electrons. The molecule has 0 spiro atoms. The smallest absolute Gasteiger partial charge is 0.317 e. The van der Waals surface area contributed by atoms with Gasteiger partial charge in [-0.1, -0.05) is 0 Å². The van der Waals surface area contributed by atoms with E-state index in [0.29, 0.717) is 4.55 Å². The molecule has 0 rings (SSSR count). The van der Waals surface area contributed by atoms with E-state index in [2.05, 4.69) is 13.3 Å². The molecular weight excluding hydrogens is 172 g/mol. The zero-order chi connectivity index (χ0) is 7.70. The molecule has 0 aromatic rings. The van der Waals surface area contributed by atoms with Crippen LogP contribution in [0.25, 0.3) is 0 Å². The molecule has 0 amide bonds. The first-order chi connectivity index (χ1) is 4.27. The third-order valence-electron chi connectivity index (χ3n) is 0.589. The highest BCUT2D eigenvalue weighted by Gasteiger charge is 2.04. The monoisotopic (exact) mass is 181 g/mol. The van der Waals surface area contributed by atoms with Crippen molar-refractivity contribution in [3.8, 4) is 0 Å². The Balaban J connectivity index is -0.000000149. The van der Waals surface area contributed by atoms with Crippen molar-refractivity contribution in [2.75, 3.05) is 0 Å². The van der Waals surface area contributed by atoms with E-state index in [9.17, 15) is 8.78 Å². The number of halogens is 3. The van der Waals surface area contributed by atoms with Crippen molar-refractivity contribution in [1.82, 2.24) is 0 Å². The maximum absolute atomic E-state index is 11.2. The number of hydrogen-bond acceptors (Lipinski definition) is 1. The molecule has 0 aromatic carbocycles. The molecule has 1 N–H and O–H groups in total. The quantitative estimate of drug-likeness (QED) is 0.393. The van der Waals surface area contributed by atoms with Gasteiger partial charge in [-0.3, -0.25) is 0 Å². The summed E-state index contributed by atoms with van der Waals surface area (Å²) >= 11 is -1.11. The van der Waals surface area contributed by atoms with Gasteiger partial charge < -0.3 is 5.41 Å². The molecule has 0 fully saturated rings. The third-order valence-corrected chi connectivity index (χ3v) is 1.77. The van der Waals surface area contributed by atoms with Crippen LogP contribution in [0.3, 0.4) is 0 Å². The van der Waals surface area contributed by atoms with Crippen LogP contribution in [-0.2, 0) is 0 Å². The first-order valence-electron chi connectivity index (χ1n) is 2.51. The van der Waals surface area contributed by atoms with Crippen LogP contribution in [0.1, 0.15) is 0 Å². The van der Waals surface area contributed by atoms with Crippen molar-refractivity contribution in [2.45, 2.75) is 9.10 Å². The minimum absolute atomic E-state index is 0. The predicted octanol–water partition coefficient (Wildman–Crippen LogP) is 2.21. The largest absolute Gasteiger partial charge is 0.475 e. The minimum Gasteiger partial charge on any atom is -0.317 e.